The standard InChI is InChI=1S/C18H22N4O3/c1-10-7-11(2)22-18(19-10)20-15(21-22)8-13-16(23)14(9-25-17(13)24)12-5-3-4-6-12/h7,12,14,23H,3-6,8-9H2,1-2H3. The lowest BCUT2D eigenvalue weighted by Crippen LogP contribution is -2.31. The minimum Gasteiger partial charge on any atom is -0.511 e. The van der Waals surface area contributed by atoms with E-state index in [2.05, 4.69) is 15.1 Å². The normalized spacial score (nSPS) is 22.0. The van der Waals surface area contributed by atoms with Gasteiger partial charge in [0.1, 0.15) is 12.4 Å². The number of fused-ring (bicyclic) bond motifs is 1. The summed E-state index contributed by atoms with van der Waals surface area (Å²) in [4.78, 5) is 21.0. The van der Waals surface area contributed by atoms with Crippen LogP contribution in [0.1, 0.15) is 42.9 Å². The highest BCUT2D eigenvalue weighted by Crippen LogP contribution is 2.37. The highest BCUT2D eigenvalue weighted by molar-refractivity contribution is 5.90. The van der Waals surface area contributed by atoms with Crippen molar-refractivity contribution in [2.24, 2.45) is 11.8 Å². The molecule has 1 aliphatic carbocycles. The molecule has 1 fully saturated rings. The molecule has 7 nitrogen and oxygen atoms in total. The summed E-state index contributed by atoms with van der Waals surface area (Å²) in [7, 11) is 0. The second-order valence-corrected chi connectivity index (χ2v) is 7.07. The van der Waals surface area contributed by atoms with E-state index in [9.17, 15) is 9.90 Å². The summed E-state index contributed by atoms with van der Waals surface area (Å²) in [5.41, 5.74) is 2.08. The number of carbonyl (C=O) groups excluding carboxylic acids is 1. The first-order chi connectivity index (χ1) is 12.0. The molecule has 0 saturated heterocycles. The number of ether oxygens (including phenoxy) is 1. The van der Waals surface area contributed by atoms with Gasteiger partial charge in [-0.25, -0.2) is 14.3 Å². The molecule has 1 atom stereocenters. The number of carbonyl (C=O) groups is 1. The number of aliphatic hydroxyl groups is 1. The van der Waals surface area contributed by atoms with Crippen LogP contribution in [0, 0.1) is 25.7 Å². The van der Waals surface area contributed by atoms with E-state index in [4.69, 9.17) is 4.74 Å². The van der Waals surface area contributed by atoms with Gasteiger partial charge in [-0.05, 0) is 38.7 Å². The molecule has 0 spiro atoms. The molecule has 25 heavy (non-hydrogen) atoms. The first-order valence-corrected chi connectivity index (χ1v) is 8.82. The molecule has 0 amide bonds. The molecular formula is C18H22N4O3. The summed E-state index contributed by atoms with van der Waals surface area (Å²) in [6.45, 7) is 4.11. The van der Waals surface area contributed by atoms with Crippen molar-refractivity contribution in [3.63, 3.8) is 0 Å². The number of nitrogens with zero attached hydrogens (tertiary/aromatic N) is 4. The Morgan fingerprint density at radius 3 is 2.80 bits per heavy atom. The molecule has 2 aromatic rings. The third-order valence-corrected chi connectivity index (χ3v) is 5.27. The van der Waals surface area contributed by atoms with E-state index >= 15 is 0 Å². The van der Waals surface area contributed by atoms with Gasteiger partial charge >= 0.3 is 5.97 Å². The van der Waals surface area contributed by atoms with Crippen LogP contribution in [-0.2, 0) is 16.0 Å². The minimum absolute atomic E-state index is 0.0886. The summed E-state index contributed by atoms with van der Waals surface area (Å²) in [6, 6.07) is 1.92. The first kappa shape index (κ1) is 16.1. The lowest BCUT2D eigenvalue weighted by Gasteiger charge is -2.28. The average molecular weight is 342 g/mol. The number of hydrogen-bond acceptors (Lipinski definition) is 6. The fraction of sp³-hybridized carbons (Fsp3) is 0.556. The van der Waals surface area contributed by atoms with Crippen LogP contribution in [0.25, 0.3) is 5.78 Å². The molecule has 0 bridgehead atoms. The molecule has 1 saturated carbocycles. The van der Waals surface area contributed by atoms with Gasteiger partial charge in [-0.3, -0.25) is 0 Å². The van der Waals surface area contributed by atoms with Gasteiger partial charge in [-0.1, -0.05) is 12.8 Å². The van der Waals surface area contributed by atoms with Crippen LogP contribution in [0.4, 0.5) is 0 Å². The Balaban J connectivity index is 1.66. The molecule has 1 N–H and O–H groups in total. The maximum Gasteiger partial charge on any atom is 0.337 e. The van der Waals surface area contributed by atoms with Crippen LogP contribution in [0.5, 0.6) is 0 Å². The molecule has 7 heteroatoms. The quantitative estimate of drug-likeness (QED) is 0.862. The Labute approximate surface area is 145 Å². The van der Waals surface area contributed by atoms with Crippen LogP contribution in [0.15, 0.2) is 17.4 Å². The van der Waals surface area contributed by atoms with Gasteiger partial charge in [-0.2, -0.15) is 4.98 Å². The van der Waals surface area contributed by atoms with Gasteiger partial charge in [0.2, 0.25) is 0 Å². The molecule has 2 aliphatic rings. The topological polar surface area (TPSA) is 89.6 Å². The molecule has 1 unspecified atom stereocenters. The van der Waals surface area contributed by atoms with Gasteiger partial charge in [-0.15, -0.1) is 5.10 Å². The zero-order chi connectivity index (χ0) is 17.6. The smallest absolute Gasteiger partial charge is 0.337 e. The third-order valence-electron chi connectivity index (χ3n) is 5.27. The van der Waals surface area contributed by atoms with Crippen molar-refractivity contribution in [2.45, 2.75) is 46.0 Å². The fourth-order valence-corrected chi connectivity index (χ4v) is 3.98. The summed E-state index contributed by atoms with van der Waals surface area (Å²) in [6.07, 6.45) is 4.67. The fourth-order valence-electron chi connectivity index (χ4n) is 3.98. The summed E-state index contributed by atoms with van der Waals surface area (Å²) in [5.74, 6) is 0.975. The maximum absolute atomic E-state index is 12.2. The van der Waals surface area contributed by atoms with E-state index in [1.54, 1.807) is 4.52 Å². The van der Waals surface area contributed by atoms with Crippen molar-refractivity contribution >= 4 is 11.7 Å². The van der Waals surface area contributed by atoms with Gasteiger partial charge in [0.25, 0.3) is 5.78 Å². The number of aliphatic hydroxyl groups excluding tert-OH is 1. The SMILES string of the molecule is Cc1cc(C)n2nc(CC3=C(O)C(C4CCCC4)COC3=O)nc2n1. The number of aromatic nitrogens is 4. The molecule has 132 valence electrons. The number of hydrogen-bond donors (Lipinski definition) is 1. The van der Waals surface area contributed by atoms with Crippen molar-refractivity contribution in [3.05, 3.63) is 34.6 Å². The lowest BCUT2D eigenvalue weighted by molar-refractivity contribution is -0.143. The second-order valence-electron chi connectivity index (χ2n) is 7.07. The zero-order valence-corrected chi connectivity index (χ0v) is 14.5. The van der Waals surface area contributed by atoms with Crippen LogP contribution >= 0.6 is 0 Å². The summed E-state index contributed by atoms with van der Waals surface area (Å²) in [5, 5.41) is 15.1. The van der Waals surface area contributed by atoms with E-state index in [1.165, 1.54) is 12.8 Å². The maximum atomic E-state index is 12.2. The monoisotopic (exact) mass is 342 g/mol. The van der Waals surface area contributed by atoms with Gasteiger partial charge in [0, 0.05) is 17.8 Å². The molecule has 0 radical (unpaired) electrons. The van der Waals surface area contributed by atoms with Gasteiger partial charge in [0.05, 0.1) is 11.5 Å². The molecule has 2 aromatic heterocycles. The van der Waals surface area contributed by atoms with Crippen LogP contribution in [0.2, 0.25) is 0 Å². The van der Waals surface area contributed by atoms with Crippen LogP contribution in [0.3, 0.4) is 0 Å². The van der Waals surface area contributed by atoms with E-state index < -0.39 is 5.97 Å². The van der Waals surface area contributed by atoms with Gasteiger partial charge < -0.3 is 9.84 Å². The van der Waals surface area contributed by atoms with Gasteiger partial charge in [0.15, 0.2) is 5.82 Å². The molecule has 0 aromatic carbocycles. The number of esters is 1. The minimum atomic E-state index is -0.466. The largest absolute Gasteiger partial charge is 0.511 e. The third kappa shape index (κ3) is 2.88. The highest BCUT2D eigenvalue weighted by atomic mass is 16.5. The van der Waals surface area contributed by atoms with Crippen LogP contribution < -0.4 is 0 Å². The van der Waals surface area contributed by atoms with E-state index in [0.29, 0.717) is 17.5 Å². The first-order valence-electron chi connectivity index (χ1n) is 8.82. The Hall–Kier alpha value is -2.44. The second kappa shape index (κ2) is 6.13. The predicted octanol–water partition coefficient (Wildman–Crippen LogP) is 2.46. The molecule has 3 heterocycles. The Kier molecular flexibility index (Phi) is 3.94. The van der Waals surface area contributed by atoms with Crippen molar-refractivity contribution < 1.29 is 14.6 Å². The van der Waals surface area contributed by atoms with E-state index in [0.717, 1.165) is 24.2 Å². The highest BCUT2D eigenvalue weighted by Gasteiger charge is 2.36. The van der Waals surface area contributed by atoms with E-state index in [1.807, 2.05) is 19.9 Å². The molecular weight excluding hydrogens is 320 g/mol. The average Bonchev–Trinajstić information content (AvgIpc) is 3.21. The Bertz CT molecular complexity index is 865. The number of cyclic esters (lactones) is 1. The molecule has 1 aliphatic heterocycles. The van der Waals surface area contributed by atoms with Crippen molar-refractivity contribution in [1.29, 1.82) is 0 Å². The molecule has 4 rings (SSSR count). The number of aryl methyl sites for hydroxylation is 2. The summed E-state index contributed by atoms with van der Waals surface area (Å²) >= 11 is 0. The Morgan fingerprint density at radius 1 is 1.28 bits per heavy atom. The lowest BCUT2D eigenvalue weighted by atomic mass is 9.86. The van der Waals surface area contributed by atoms with E-state index in [-0.39, 0.29) is 30.3 Å². The van der Waals surface area contributed by atoms with Crippen molar-refractivity contribution in [3.8, 4) is 0 Å². The summed E-state index contributed by atoms with van der Waals surface area (Å²) < 4.78 is 7.00. The van der Waals surface area contributed by atoms with Crippen molar-refractivity contribution in [1.82, 2.24) is 19.6 Å². The number of rotatable bonds is 3. The predicted molar refractivity (Wildman–Crippen MR) is 90.0 cm³/mol. The Morgan fingerprint density at radius 2 is 2.04 bits per heavy atom. The van der Waals surface area contributed by atoms with Crippen molar-refractivity contribution in [2.75, 3.05) is 6.61 Å². The van der Waals surface area contributed by atoms with Crippen LogP contribution in [-0.4, -0.2) is 37.3 Å². The zero-order valence-electron chi connectivity index (χ0n) is 14.5.